The van der Waals surface area contributed by atoms with Crippen LogP contribution in [0, 0.1) is 0 Å². The highest BCUT2D eigenvalue weighted by molar-refractivity contribution is 7.99. The minimum Gasteiger partial charge on any atom is -0.370 e. The SMILES string of the molecule is CCNc1cc(NCC(C)SC)nc(C(F)(F)F)n1. The lowest BCUT2D eigenvalue weighted by Gasteiger charge is -2.14. The van der Waals surface area contributed by atoms with Crippen molar-refractivity contribution in [2.45, 2.75) is 25.3 Å². The van der Waals surface area contributed by atoms with Crippen LogP contribution in [0.1, 0.15) is 19.7 Å². The van der Waals surface area contributed by atoms with Crippen LogP contribution in [0.25, 0.3) is 0 Å². The number of nitrogens with one attached hydrogen (secondary N) is 2. The molecular weight excluding hydrogens is 277 g/mol. The molecule has 1 aromatic heterocycles. The van der Waals surface area contributed by atoms with Crippen LogP contribution < -0.4 is 10.6 Å². The molecule has 1 unspecified atom stereocenters. The second-order valence-corrected chi connectivity index (χ2v) is 5.19. The first-order chi connectivity index (χ1) is 8.86. The number of hydrogen-bond acceptors (Lipinski definition) is 5. The van der Waals surface area contributed by atoms with Gasteiger partial charge in [-0.3, -0.25) is 0 Å². The summed E-state index contributed by atoms with van der Waals surface area (Å²) in [4.78, 5) is 6.95. The molecule has 0 radical (unpaired) electrons. The van der Waals surface area contributed by atoms with E-state index in [1.54, 1.807) is 18.7 Å². The van der Waals surface area contributed by atoms with E-state index in [2.05, 4.69) is 20.6 Å². The Hall–Kier alpha value is -1.18. The van der Waals surface area contributed by atoms with Crippen LogP contribution in [0.15, 0.2) is 6.07 Å². The Morgan fingerprint density at radius 1 is 1.26 bits per heavy atom. The minimum atomic E-state index is -4.55. The van der Waals surface area contributed by atoms with E-state index in [4.69, 9.17) is 0 Å². The molecule has 19 heavy (non-hydrogen) atoms. The maximum atomic E-state index is 12.7. The van der Waals surface area contributed by atoms with Crippen LogP contribution in [0.4, 0.5) is 24.8 Å². The highest BCUT2D eigenvalue weighted by Gasteiger charge is 2.35. The largest absolute Gasteiger partial charge is 0.451 e. The van der Waals surface area contributed by atoms with E-state index in [1.807, 2.05) is 13.2 Å². The van der Waals surface area contributed by atoms with Crippen molar-refractivity contribution >= 4 is 23.4 Å². The summed E-state index contributed by atoms with van der Waals surface area (Å²) in [6, 6.07) is 1.48. The number of halogens is 3. The third-order valence-corrected chi connectivity index (χ3v) is 3.28. The van der Waals surface area contributed by atoms with E-state index in [1.165, 1.54) is 6.07 Å². The lowest BCUT2D eigenvalue weighted by molar-refractivity contribution is -0.144. The number of thioether (sulfide) groups is 1. The molecule has 0 aliphatic rings. The molecule has 0 aromatic carbocycles. The topological polar surface area (TPSA) is 49.8 Å². The van der Waals surface area contributed by atoms with Gasteiger partial charge in [0.2, 0.25) is 5.82 Å². The fourth-order valence-electron chi connectivity index (χ4n) is 1.27. The molecule has 1 aromatic rings. The zero-order valence-electron chi connectivity index (χ0n) is 11.0. The zero-order valence-corrected chi connectivity index (χ0v) is 11.8. The summed E-state index contributed by atoms with van der Waals surface area (Å²) in [5, 5.41) is 5.94. The third kappa shape index (κ3) is 5.14. The van der Waals surface area contributed by atoms with E-state index >= 15 is 0 Å². The van der Waals surface area contributed by atoms with Gasteiger partial charge in [0.1, 0.15) is 11.6 Å². The van der Waals surface area contributed by atoms with Gasteiger partial charge in [-0.25, -0.2) is 9.97 Å². The molecule has 0 aliphatic carbocycles. The molecule has 0 saturated carbocycles. The van der Waals surface area contributed by atoms with E-state index in [9.17, 15) is 13.2 Å². The van der Waals surface area contributed by atoms with Gasteiger partial charge in [0.25, 0.3) is 0 Å². The van der Waals surface area contributed by atoms with Crippen LogP contribution in [-0.2, 0) is 6.18 Å². The predicted octanol–water partition coefficient (Wildman–Crippen LogP) is 3.09. The summed E-state index contributed by atoms with van der Waals surface area (Å²) >= 11 is 1.62. The van der Waals surface area contributed by atoms with Crippen molar-refractivity contribution < 1.29 is 13.2 Å². The average molecular weight is 294 g/mol. The number of nitrogens with zero attached hydrogens (tertiary/aromatic N) is 2. The first-order valence-electron chi connectivity index (χ1n) is 5.83. The van der Waals surface area contributed by atoms with Crippen LogP contribution in [-0.4, -0.2) is 34.6 Å². The van der Waals surface area contributed by atoms with Gasteiger partial charge in [0.15, 0.2) is 0 Å². The molecule has 0 saturated heterocycles. The second-order valence-electron chi connectivity index (χ2n) is 3.92. The van der Waals surface area contributed by atoms with Gasteiger partial charge in [-0.2, -0.15) is 24.9 Å². The molecule has 108 valence electrons. The zero-order chi connectivity index (χ0) is 14.5. The van der Waals surface area contributed by atoms with E-state index < -0.39 is 12.0 Å². The first-order valence-corrected chi connectivity index (χ1v) is 7.12. The van der Waals surface area contributed by atoms with Gasteiger partial charge in [0.05, 0.1) is 0 Å². The van der Waals surface area contributed by atoms with Crippen molar-refractivity contribution in [3.05, 3.63) is 11.9 Å². The predicted molar refractivity (Wildman–Crippen MR) is 72.7 cm³/mol. The number of rotatable bonds is 6. The maximum absolute atomic E-state index is 12.7. The van der Waals surface area contributed by atoms with Crippen molar-refractivity contribution in [1.29, 1.82) is 0 Å². The molecule has 4 nitrogen and oxygen atoms in total. The van der Waals surface area contributed by atoms with Crippen molar-refractivity contribution in [2.75, 3.05) is 30.0 Å². The molecule has 0 aliphatic heterocycles. The lowest BCUT2D eigenvalue weighted by atomic mass is 10.4. The van der Waals surface area contributed by atoms with Gasteiger partial charge in [-0.05, 0) is 13.2 Å². The summed E-state index contributed by atoms with van der Waals surface area (Å²) in [6.07, 6.45) is -2.61. The van der Waals surface area contributed by atoms with Gasteiger partial charge in [0, 0.05) is 24.4 Å². The summed E-state index contributed by atoms with van der Waals surface area (Å²) in [6.45, 7) is 4.81. The Bertz CT molecular complexity index is 411. The van der Waals surface area contributed by atoms with Crippen LogP contribution in [0.5, 0.6) is 0 Å². The lowest BCUT2D eigenvalue weighted by Crippen LogP contribution is -2.18. The normalized spacial score (nSPS) is 13.2. The summed E-state index contributed by atoms with van der Waals surface area (Å²) in [7, 11) is 0. The van der Waals surface area contributed by atoms with Gasteiger partial charge >= 0.3 is 6.18 Å². The third-order valence-electron chi connectivity index (χ3n) is 2.31. The van der Waals surface area contributed by atoms with E-state index in [0.29, 0.717) is 13.1 Å². The average Bonchev–Trinajstić information content (AvgIpc) is 2.35. The summed E-state index contributed by atoms with van der Waals surface area (Å²) in [5.74, 6) is -0.784. The molecule has 0 spiro atoms. The highest BCUT2D eigenvalue weighted by Crippen LogP contribution is 2.28. The Kier molecular flexibility index (Phi) is 5.71. The molecule has 8 heteroatoms. The smallest absolute Gasteiger partial charge is 0.370 e. The highest BCUT2D eigenvalue weighted by atomic mass is 32.2. The molecule has 1 heterocycles. The molecular formula is C11H17F3N4S. The van der Waals surface area contributed by atoms with Crippen LogP contribution in [0.3, 0.4) is 0 Å². The molecule has 2 N–H and O–H groups in total. The fraction of sp³-hybridized carbons (Fsp3) is 0.636. The van der Waals surface area contributed by atoms with Crippen molar-refractivity contribution in [3.63, 3.8) is 0 Å². The van der Waals surface area contributed by atoms with Gasteiger partial charge in [-0.1, -0.05) is 6.92 Å². The molecule has 0 bridgehead atoms. The number of alkyl halides is 3. The van der Waals surface area contributed by atoms with E-state index in [-0.39, 0.29) is 16.9 Å². The maximum Gasteiger partial charge on any atom is 0.451 e. The number of aromatic nitrogens is 2. The second kappa shape index (κ2) is 6.83. The van der Waals surface area contributed by atoms with Crippen LogP contribution in [0.2, 0.25) is 0 Å². The van der Waals surface area contributed by atoms with Gasteiger partial charge in [-0.15, -0.1) is 0 Å². The number of hydrogen-bond donors (Lipinski definition) is 2. The van der Waals surface area contributed by atoms with Gasteiger partial charge < -0.3 is 10.6 Å². The molecule has 1 atom stereocenters. The van der Waals surface area contributed by atoms with Crippen molar-refractivity contribution in [1.82, 2.24) is 9.97 Å². The standard InChI is InChI=1S/C11H17F3N4S/c1-4-15-8-5-9(16-6-7(2)19-3)18-10(17-8)11(12,13)14/h5,7H,4,6H2,1-3H3,(H2,15,16,17,18). The monoisotopic (exact) mass is 294 g/mol. The molecule has 1 rings (SSSR count). The van der Waals surface area contributed by atoms with Crippen LogP contribution >= 0.6 is 11.8 Å². The summed E-state index contributed by atoms with van der Waals surface area (Å²) in [5.41, 5.74) is 0. The quantitative estimate of drug-likeness (QED) is 0.844. The van der Waals surface area contributed by atoms with Crippen molar-refractivity contribution in [2.24, 2.45) is 0 Å². The Morgan fingerprint density at radius 3 is 2.32 bits per heavy atom. The molecule has 0 fully saturated rings. The Morgan fingerprint density at radius 2 is 1.84 bits per heavy atom. The van der Waals surface area contributed by atoms with Crippen molar-refractivity contribution in [3.8, 4) is 0 Å². The molecule has 0 amide bonds. The van der Waals surface area contributed by atoms with E-state index in [0.717, 1.165) is 0 Å². The Balaban J connectivity index is 2.93. The first kappa shape index (κ1) is 15.9. The fourth-order valence-corrected chi connectivity index (χ4v) is 1.52. The minimum absolute atomic E-state index is 0.170. The Labute approximate surface area is 114 Å². The number of anilines is 2. The summed E-state index contributed by atoms with van der Waals surface area (Å²) < 4.78 is 38.0.